The molecule has 4 bridgehead atoms. The fourth-order valence-corrected chi connectivity index (χ4v) is 7.35. The third-order valence-electron chi connectivity index (χ3n) is 7.85. The Morgan fingerprint density at radius 2 is 1.80 bits per heavy atom. The molecule has 6 rings (SSSR count). The van der Waals surface area contributed by atoms with E-state index in [-0.39, 0.29) is 10.8 Å². The summed E-state index contributed by atoms with van der Waals surface area (Å²) in [4.78, 5) is 15.9. The lowest BCUT2D eigenvalue weighted by Crippen LogP contribution is -2.60. The van der Waals surface area contributed by atoms with Crippen LogP contribution in [0.2, 0.25) is 0 Å². The standard InChI is InChI=1S/C23H31NO/c1-17-6-5-9-24(15-17)21(25)23-13-18-10-19(14-23)12-22(11-18,16-23)20-7-3-2-4-8-20/h2-4,7-8,17-19H,5-6,9-16H2,1H3. The third kappa shape index (κ3) is 2.47. The van der Waals surface area contributed by atoms with Gasteiger partial charge in [0.2, 0.25) is 5.91 Å². The highest BCUT2D eigenvalue weighted by Gasteiger charge is 2.61. The summed E-state index contributed by atoms with van der Waals surface area (Å²) in [6.45, 7) is 4.30. The summed E-state index contributed by atoms with van der Waals surface area (Å²) in [6, 6.07) is 11.2. The van der Waals surface area contributed by atoms with Crippen LogP contribution in [0.5, 0.6) is 0 Å². The molecule has 0 N–H and O–H groups in total. The van der Waals surface area contributed by atoms with Crippen LogP contribution in [0.1, 0.15) is 63.9 Å². The minimum atomic E-state index is -0.0447. The number of amides is 1. The van der Waals surface area contributed by atoms with Gasteiger partial charge in [0, 0.05) is 13.1 Å². The van der Waals surface area contributed by atoms with Crippen molar-refractivity contribution in [1.29, 1.82) is 0 Å². The lowest BCUT2D eigenvalue weighted by Gasteiger charge is -2.62. The molecule has 0 aromatic heterocycles. The van der Waals surface area contributed by atoms with E-state index < -0.39 is 0 Å². The Morgan fingerprint density at radius 1 is 1.08 bits per heavy atom. The van der Waals surface area contributed by atoms with E-state index in [1.807, 2.05) is 0 Å². The maximum atomic E-state index is 13.7. The maximum absolute atomic E-state index is 13.7. The zero-order valence-electron chi connectivity index (χ0n) is 15.5. The summed E-state index contributed by atoms with van der Waals surface area (Å²) in [5.74, 6) is 2.74. The van der Waals surface area contributed by atoms with Crippen LogP contribution in [0, 0.1) is 23.2 Å². The van der Waals surface area contributed by atoms with Crippen LogP contribution in [-0.2, 0) is 10.2 Å². The van der Waals surface area contributed by atoms with Gasteiger partial charge in [0.15, 0.2) is 0 Å². The van der Waals surface area contributed by atoms with Crippen molar-refractivity contribution in [2.24, 2.45) is 23.2 Å². The number of rotatable bonds is 2. The summed E-state index contributed by atoms with van der Waals surface area (Å²) >= 11 is 0. The molecule has 1 aliphatic heterocycles. The molecule has 2 heteroatoms. The number of hydrogen-bond donors (Lipinski definition) is 0. The zero-order valence-corrected chi connectivity index (χ0v) is 15.5. The monoisotopic (exact) mass is 337 g/mol. The number of carbonyl (C=O) groups is 1. The number of piperidine rings is 1. The first kappa shape index (κ1) is 15.9. The lowest BCUT2D eigenvalue weighted by molar-refractivity contribution is -0.162. The largest absolute Gasteiger partial charge is 0.342 e. The van der Waals surface area contributed by atoms with E-state index in [1.54, 1.807) is 0 Å². The topological polar surface area (TPSA) is 20.3 Å². The van der Waals surface area contributed by atoms with E-state index in [2.05, 4.69) is 42.2 Å². The van der Waals surface area contributed by atoms with Crippen LogP contribution in [0.15, 0.2) is 30.3 Å². The summed E-state index contributed by atoms with van der Waals surface area (Å²) in [5.41, 5.74) is 1.74. The average Bonchev–Trinajstić information content (AvgIpc) is 2.61. The lowest BCUT2D eigenvalue weighted by atomic mass is 9.42. The first-order valence-electron chi connectivity index (χ1n) is 10.4. The molecule has 2 nitrogen and oxygen atoms in total. The summed E-state index contributed by atoms with van der Waals surface area (Å²) in [6.07, 6.45) is 9.94. The summed E-state index contributed by atoms with van der Waals surface area (Å²) < 4.78 is 0. The molecular weight excluding hydrogens is 306 g/mol. The molecule has 4 saturated carbocycles. The molecule has 1 aromatic rings. The van der Waals surface area contributed by atoms with Gasteiger partial charge in [0.1, 0.15) is 0 Å². The predicted molar refractivity (Wildman–Crippen MR) is 100 cm³/mol. The zero-order chi connectivity index (χ0) is 17.1. The SMILES string of the molecule is CC1CCCN(C(=O)C23CC4CC(C2)CC(c2ccccc2)(C4)C3)C1. The van der Waals surface area contributed by atoms with Gasteiger partial charge in [0.25, 0.3) is 0 Å². The second-order valence-corrected chi connectivity index (χ2v) is 9.89. The molecule has 3 atom stereocenters. The van der Waals surface area contributed by atoms with Gasteiger partial charge in [-0.2, -0.15) is 0 Å². The Hall–Kier alpha value is -1.31. The van der Waals surface area contributed by atoms with Crippen LogP contribution >= 0.6 is 0 Å². The second-order valence-electron chi connectivity index (χ2n) is 9.89. The van der Waals surface area contributed by atoms with Crippen molar-refractivity contribution < 1.29 is 4.79 Å². The van der Waals surface area contributed by atoms with Crippen LogP contribution in [-0.4, -0.2) is 23.9 Å². The van der Waals surface area contributed by atoms with Gasteiger partial charge in [-0.25, -0.2) is 0 Å². The molecule has 5 fully saturated rings. The van der Waals surface area contributed by atoms with Gasteiger partial charge in [-0.15, -0.1) is 0 Å². The Labute approximate surface area is 152 Å². The first-order chi connectivity index (χ1) is 12.1. The van der Waals surface area contributed by atoms with Crippen molar-refractivity contribution in [2.75, 3.05) is 13.1 Å². The van der Waals surface area contributed by atoms with E-state index in [9.17, 15) is 4.79 Å². The minimum absolute atomic E-state index is 0.0447. The Morgan fingerprint density at radius 3 is 2.48 bits per heavy atom. The van der Waals surface area contributed by atoms with Gasteiger partial charge in [-0.05, 0) is 80.1 Å². The highest BCUT2D eigenvalue weighted by atomic mass is 16.2. The highest BCUT2D eigenvalue weighted by molar-refractivity contribution is 5.83. The molecule has 1 aromatic carbocycles. The first-order valence-corrected chi connectivity index (χ1v) is 10.4. The van der Waals surface area contributed by atoms with Crippen molar-refractivity contribution in [3.63, 3.8) is 0 Å². The molecule has 4 aliphatic carbocycles. The Balaban J connectivity index is 1.49. The molecule has 1 heterocycles. The third-order valence-corrected chi connectivity index (χ3v) is 7.85. The fourth-order valence-electron chi connectivity index (χ4n) is 7.35. The van der Waals surface area contributed by atoms with Crippen LogP contribution < -0.4 is 0 Å². The molecule has 1 saturated heterocycles. The van der Waals surface area contributed by atoms with E-state index >= 15 is 0 Å². The van der Waals surface area contributed by atoms with Crippen molar-refractivity contribution in [3.05, 3.63) is 35.9 Å². The number of carbonyl (C=O) groups excluding carboxylic acids is 1. The maximum Gasteiger partial charge on any atom is 0.228 e. The smallest absolute Gasteiger partial charge is 0.228 e. The summed E-state index contributed by atoms with van der Waals surface area (Å²) in [7, 11) is 0. The highest BCUT2D eigenvalue weighted by Crippen LogP contribution is 2.66. The van der Waals surface area contributed by atoms with Gasteiger partial charge in [-0.3, -0.25) is 4.79 Å². The normalized spacial score (nSPS) is 42.6. The number of benzene rings is 1. The fraction of sp³-hybridized carbons (Fsp3) is 0.696. The summed E-state index contributed by atoms with van der Waals surface area (Å²) in [5, 5.41) is 0. The minimum Gasteiger partial charge on any atom is -0.342 e. The quantitative estimate of drug-likeness (QED) is 0.760. The van der Waals surface area contributed by atoms with Crippen LogP contribution in [0.3, 0.4) is 0 Å². The van der Waals surface area contributed by atoms with Crippen molar-refractivity contribution in [2.45, 2.75) is 63.7 Å². The van der Waals surface area contributed by atoms with Crippen molar-refractivity contribution >= 4 is 5.91 Å². The molecule has 1 amide bonds. The molecule has 5 aliphatic rings. The Bertz CT molecular complexity index is 652. The Kier molecular flexibility index (Phi) is 3.56. The van der Waals surface area contributed by atoms with E-state index in [0.717, 1.165) is 31.3 Å². The van der Waals surface area contributed by atoms with Crippen LogP contribution in [0.25, 0.3) is 0 Å². The molecule has 134 valence electrons. The molecule has 3 unspecified atom stereocenters. The number of likely N-dealkylation sites (tertiary alicyclic amines) is 1. The molecule has 25 heavy (non-hydrogen) atoms. The van der Waals surface area contributed by atoms with Crippen molar-refractivity contribution in [3.8, 4) is 0 Å². The van der Waals surface area contributed by atoms with Gasteiger partial charge in [0.05, 0.1) is 5.41 Å². The van der Waals surface area contributed by atoms with Gasteiger partial charge < -0.3 is 4.90 Å². The van der Waals surface area contributed by atoms with Gasteiger partial charge >= 0.3 is 0 Å². The molecule has 0 radical (unpaired) electrons. The number of nitrogens with zero attached hydrogens (tertiary/aromatic N) is 1. The molecule has 0 spiro atoms. The number of hydrogen-bond acceptors (Lipinski definition) is 1. The van der Waals surface area contributed by atoms with E-state index in [0.29, 0.717) is 11.8 Å². The predicted octanol–water partition coefficient (Wildman–Crippen LogP) is 4.78. The van der Waals surface area contributed by atoms with E-state index in [1.165, 1.54) is 50.5 Å². The van der Waals surface area contributed by atoms with E-state index in [4.69, 9.17) is 0 Å². The van der Waals surface area contributed by atoms with Crippen molar-refractivity contribution in [1.82, 2.24) is 4.90 Å². The van der Waals surface area contributed by atoms with Gasteiger partial charge in [-0.1, -0.05) is 37.3 Å². The molecular formula is C23H31NO. The van der Waals surface area contributed by atoms with Crippen LogP contribution in [0.4, 0.5) is 0 Å². The second kappa shape index (κ2) is 5.59. The average molecular weight is 338 g/mol.